The Labute approximate surface area is 136 Å². The number of hydrogen-bond acceptors (Lipinski definition) is 4. The fourth-order valence-electron chi connectivity index (χ4n) is 3.06. The van der Waals surface area contributed by atoms with Gasteiger partial charge in [0.15, 0.2) is 0 Å². The molecular formula is C17H21ClN4. The van der Waals surface area contributed by atoms with E-state index < -0.39 is 0 Å². The summed E-state index contributed by atoms with van der Waals surface area (Å²) >= 11 is 5.84. The van der Waals surface area contributed by atoms with Gasteiger partial charge < -0.3 is 10.2 Å². The molecule has 1 N–H and O–H groups in total. The number of halogens is 1. The molecule has 0 unspecified atom stereocenters. The van der Waals surface area contributed by atoms with Gasteiger partial charge in [-0.15, -0.1) is 0 Å². The van der Waals surface area contributed by atoms with Crippen LogP contribution in [0.15, 0.2) is 42.7 Å². The summed E-state index contributed by atoms with van der Waals surface area (Å²) in [5.41, 5.74) is 1.53. The van der Waals surface area contributed by atoms with Crippen molar-refractivity contribution in [3.63, 3.8) is 0 Å². The summed E-state index contributed by atoms with van der Waals surface area (Å²) in [7, 11) is 2.19. The molecule has 1 saturated heterocycles. The van der Waals surface area contributed by atoms with Gasteiger partial charge in [-0.25, -0.2) is 9.97 Å². The molecule has 1 fully saturated rings. The predicted octanol–water partition coefficient (Wildman–Crippen LogP) is 3.21. The standard InChI is InChI=1S/C17H21ClN4/c1-22-9-7-17(8-10-22,14-5-3-2-4-6-14)13-21-16-19-11-15(18)12-20-16/h2-6,11-12H,7-10,13H2,1H3,(H,19,20,21). The number of piperidine rings is 1. The molecule has 0 bridgehead atoms. The van der Waals surface area contributed by atoms with E-state index >= 15 is 0 Å². The molecule has 3 rings (SSSR count). The third-order valence-corrected chi connectivity index (χ3v) is 4.73. The second-order valence-corrected chi connectivity index (χ2v) is 6.46. The molecule has 2 heterocycles. The number of nitrogens with zero attached hydrogens (tertiary/aromatic N) is 3. The van der Waals surface area contributed by atoms with Gasteiger partial charge in [0.05, 0.1) is 17.4 Å². The van der Waals surface area contributed by atoms with E-state index in [0.717, 1.165) is 32.5 Å². The largest absolute Gasteiger partial charge is 0.353 e. The van der Waals surface area contributed by atoms with Crippen LogP contribution in [0.5, 0.6) is 0 Å². The molecule has 1 aromatic carbocycles. The lowest BCUT2D eigenvalue weighted by Crippen LogP contribution is -2.45. The van der Waals surface area contributed by atoms with Gasteiger partial charge in [0.1, 0.15) is 0 Å². The van der Waals surface area contributed by atoms with Gasteiger partial charge in [0.2, 0.25) is 5.95 Å². The maximum atomic E-state index is 5.84. The molecule has 0 amide bonds. The van der Waals surface area contributed by atoms with Crippen LogP contribution in [-0.4, -0.2) is 41.5 Å². The van der Waals surface area contributed by atoms with E-state index in [0.29, 0.717) is 11.0 Å². The van der Waals surface area contributed by atoms with Crippen LogP contribution < -0.4 is 5.32 Å². The second-order valence-electron chi connectivity index (χ2n) is 6.03. The van der Waals surface area contributed by atoms with Crippen molar-refractivity contribution < 1.29 is 0 Å². The molecule has 1 aliphatic rings. The van der Waals surface area contributed by atoms with Gasteiger partial charge in [-0.3, -0.25) is 0 Å². The summed E-state index contributed by atoms with van der Waals surface area (Å²) in [6, 6.07) is 10.8. The maximum Gasteiger partial charge on any atom is 0.222 e. The van der Waals surface area contributed by atoms with Gasteiger partial charge >= 0.3 is 0 Å². The molecule has 0 radical (unpaired) electrons. The lowest BCUT2D eigenvalue weighted by molar-refractivity contribution is 0.195. The first kappa shape index (κ1) is 15.3. The first-order valence-electron chi connectivity index (χ1n) is 7.63. The van der Waals surface area contributed by atoms with Crippen molar-refractivity contribution in [2.24, 2.45) is 0 Å². The zero-order chi connectivity index (χ0) is 15.4. The van der Waals surface area contributed by atoms with E-state index in [4.69, 9.17) is 11.6 Å². The molecule has 1 aliphatic heterocycles. The zero-order valence-electron chi connectivity index (χ0n) is 12.8. The number of aromatic nitrogens is 2. The van der Waals surface area contributed by atoms with Crippen molar-refractivity contribution in [1.82, 2.24) is 14.9 Å². The van der Waals surface area contributed by atoms with E-state index in [1.165, 1.54) is 5.56 Å². The van der Waals surface area contributed by atoms with Crippen LogP contribution >= 0.6 is 11.6 Å². The molecule has 0 spiro atoms. The normalized spacial score (nSPS) is 18.1. The van der Waals surface area contributed by atoms with Crippen LogP contribution in [0.25, 0.3) is 0 Å². The highest BCUT2D eigenvalue weighted by Crippen LogP contribution is 2.35. The van der Waals surface area contributed by atoms with Crippen LogP contribution in [0.4, 0.5) is 5.95 Å². The van der Waals surface area contributed by atoms with Gasteiger partial charge in [-0.2, -0.15) is 0 Å². The minimum atomic E-state index is 0.136. The number of anilines is 1. The molecule has 0 saturated carbocycles. The predicted molar refractivity (Wildman–Crippen MR) is 90.4 cm³/mol. The quantitative estimate of drug-likeness (QED) is 0.940. The van der Waals surface area contributed by atoms with Crippen molar-refractivity contribution in [3.05, 3.63) is 53.3 Å². The smallest absolute Gasteiger partial charge is 0.222 e. The number of benzene rings is 1. The summed E-state index contributed by atoms with van der Waals surface area (Å²) in [4.78, 5) is 10.9. The average Bonchev–Trinajstić information content (AvgIpc) is 2.57. The van der Waals surface area contributed by atoms with Crippen LogP contribution in [0, 0.1) is 0 Å². The first-order valence-corrected chi connectivity index (χ1v) is 8.01. The Hall–Kier alpha value is -1.65. The summed E-state index contributed by atoms with van der Waals surface area (Å²) in [5.74, 6) is 0.638. The molecule has 4 nitrogen and oxygen atoms in total. The highest BCUT2D eigenvalue weighted by Gasteiger charge is 2.35. The Morgan fingerprint density at radius 1 is 1.14 bits per heavy atom. The van der Waals surface area contributed by atoms with Gasteiger partial charge in [0.25, 0.3) is 0 Å². The number of rotatable bonds is 4. The summed E-state index contributed by atoms with van der Waals surface area (Å²) in [6.45, 7) is 3.06. The van der Waals surface area contributed by atoms with E-state index in [-0.39, 0.29) is 5.41 Å². The lowest BCUT2D eigenvalue weighted by atomic mass is 9.72. The molecule has 116 valence electrons. The Balaban J connectivity index is 1.78. The van der Waals surface area contributed by atoms with Crippen LogP contribution in [0.2, 0.25) is 5.02 Å². The van der Waals surface area contributed by atoms with Crippen LogP contribution in [0.1, 0.15) is 18.4 Å². The van der Waals surface area contributed by atoms with Crippen molar-refractivity contribution >= 4 is 17.5 Å². The van der Waals surface area contributed by atoms with Crippen molar-refractivity contribution in [2.75, 3.05) is 32.0 Å². The first-order chi connectivity index (χ1) is 10.7. The third kappa shape index (κ3) is 3.39. The Morgan fingerprint density at radius 2 is 1.77 bits per heavy atom. The second kappa shape index (κ2) is 6.63. The van der Waals surface area contributed by atoms with Crippen LogP contribution in [0.3, 0.4) is 0 Å². The molecule has 5 heteroatoms. The van der Waals surface area contributed by atoms with Gasteiger partial charge in [-0.1, -0.05) is 41.9 Å². The highest BCUT2D eigenvalue weighted by molar-refractivity contribution is 6.30. The Kier molecular flexibility index (Phi) is 4.60. The van der Waals surface area contributed by atoms with E-state index in [1.54, 1.807) is 12.4 Å². The van der Waals surface area contributed by atoms with E-state index in [1.807, 2.05) is 0 Å². The van der Waals surface area contributed by atoms with Gasteiger partial charge in [-0.05, 0) is 38.5 Å². The van der Waals surface area contributed by atoms with Crippen molar-refractivity contribution in [2.45, 2.75) is 18.3 Å². The summed E-state index contributed by atoms with van der Waals surface area (Å²) in [6.07, 6.45) is 5.52. The van der Waals surface area contributed by atoms with Crippen molar-refractivity contribution in [1.29, 1.82) is 0 Å². The van der Waals surface area contributed by atoms with E-state index in [2.05, 4.69) is 57.6 Å². The molecule has 2 aromatic rings. The fourth-order valence-corrected chi connectivity index (χ4v) is 3.16. The molecule has 22 heavy (non-hydrogen) atoms. The maximum absolute atomic E-state index is 5.84. The molecule has 0 aliphatic carbocycles. The SMILES string of the molecule is CN1CCC(CNc2ncc(Cl)cn2)(c2ccccc2)CC1. The number of likely N-dealkylation sites (tertiary alicyclic amines) is 1. The molecule has 1 aromatic heterocycles. The number of hydrogen-bond donors (Lipinski definition) is 1. The average molecular weight is 317 g/mol. The minimum Gasteiger partial charge on any atom is -0.353 e. The Morgan fingerprint density at radius 3 is 2.41 bits per heavy atom. The molecular weight excluding hydrogens is 296 g/mol. The monoisotopic (exact) mass is 316 g/mol. The highest BCUT2D eigenvalue weighted by atomic mass is 35.5. The number of nitrogens with one attached hydrogen (secondary N) is 1. The zero-order valence-corrected chi connectivity index (χ0v) is 13.6. The minimum absolute atomic E-state index is 0.136. The van der Waals surface area contributed by atoms with Crippen LogP contribution in [-0.2, 0) is 5.41 Å². The molecule has 0 atom stereocenters. The summed E-state index contributed by atoms with van der Waals surface area (Å²) < 4.78 is 0. The van der Waals surface area contributed by atoms with Crippen molar-refractivity contribution in [3.8, 4) is 0 Å². The lowest BCUT2D eigenvalue weighted by Gasteiger charge is -2.41. The fraction of sp³-hybridized carbons (Fsp3) is 0.412. The third-order valence-electron chi connectivity index (χ3n) is 4.54. The summed E-state index contributed by atoms with van der Waals surface area (Å²) in [5, 5.41) is 3.95. The topological polar surface area (TPSA) is 41.0 Å². The van der Waals surface area contributed by atoms with Gasteiger partial charge in [0, 0.05) is 12.0 Å². The Bertz CT molecular complexity index is 592. The van der Waals surface area contributed by atoms with E-state index in [9.17, 15) is 0 Å².